The Balaban J connectivity index is 1.93. The first kappa shape index (κ1) is 20.5. The van der Waals surface area contributed by atoms with E-state index in [0.29, 0.717) is 16.9 Å². The van der Waals surface area contributed by atoms with Crippen LogP contribution >= 0.6 is 0 Å². The lowest BCUT2D eigenvalue weighted by atomic mass is 10.1. The van der Waals surface area contributed by atoms with E-state index in [9.17, 15) is 13.2 Å². The normalized spacial score (nSPS) is 11.4. The summed E-state index contributed by atoms with van der Waals surface area (Å²) < 4.78 is 28.2. The van der Waals surface area contributed by atoms with E-state index in [-0.39, 0.29) is 15.5 Å². The van der Waals surface area contributed by atoms with Gasteiger partial charge in [0, 0.05) is 5.56 Å². The summed E-state index contributed by atoms with van der Waals surface area (Å²) in [7, 11) is -3.94. The summed E-state index contributed by atoms with van der Waals surface area (Å²) in [6.45, 7) is 3.82. The number of carboxylic acid groups (broad SMARTS) is 1. The third-order valence-corrected chi connectivity index (χ3v) is 6.59. The topological polar surface area (TPSA) is 102 Å². The van der Waals surface area contributed by atoms with Gasteiger partial charge in [-0.3, -0.25) is 0 Å². The molecule has 0 atom stereocenters. The number of carbonyl (C=O) groups is 1. The maximum atomic E-state index is 13.4. The van der Waals surface area contributed by atoms with Crippen LogP contribution in [0, 0.1) is 13.8 Å². The van der Waals surface area contributed by atoms with Gasteiger partial charge in [0.15, 0.2) is 0 Å². The number of hydrogen-bond donors (Lipinski definition) is 1. The second-order valence-corrected chi connectivity index (χ2v) is 9.05. The minimum atomic E-state index is -3.94. The zero-order valence-corrected chi connectivity index (χ0v) is 17.7. The summed E-state index contributed by atoms with van der Waals surface area (Å²) >= 11 is 0. The Morgan fingerprint density at radius 3 is 1.94 bits per heavy atom. The van der Waals surface area contributed by atoms with Crippen molar-refractivity contribution >= 4 is 15.8 Å². The van der Waals surface area contributed by atoms with E-state index in [0.717, 1.165) is 11.1 Å². The molecule has 0 aliphatic carbocycles. The van der Waals surface area contributed by atoms with Crippen LogP contribution in [-0.2, 0) is 9.84 Å². The van der Waals surface area contributed by atoms with Crippen LogP contribution in [0.15, 0.2) is 82.7 Å². The van der Waals surface area contributed by atoms with Gasteiger partial charge in [-0.25, -0.2) is 17.9 Å². The van der Waals surface area contributed by atoms with Gasteiger partial charge in [-0.15, -0.1) is 5.10 Å². The molecular formula is C23H19N3O4S. The summed E-state index contributed by atoms with van der Waals surface area (Å²) in [4.78, 5) is 11.3. The second kappa shape index (κ2) is 7.81. The predicted octanol–water partition coefficient (Wildman–Crippen LogP) is 4.08. The summed E-state index contributed by atoms with van der Waals surface area (Å²) in [5.74, 6) is -1.05. The smallest absolute Gasteiger partial charge is 0.335 e. The van der Waals surface area contributed by atoms with Crippen molar-refractivity contribution in [2.75, 3.05) is 0 Å². The molecule has 3 aromatic carbocycles. The molecule has 0 amide bonds. The summed E-state index contributed by atoms with van der Waals surface area (Å²) in [6.07, 6.45) is 0. The number of benzene rings is 3. The van der Waals surface area contributed by atoms with Gasteiger partial charge in [0.25, 0.3) is 0 Å². The molecular weight excluding hydrogens is 414 g/mol. The molecule has 0 bridgehead atoms. The first-order valence-electron chi connectivity index (χ1n) is 9.45. The van der Waals surface area contributed by atoms with Crippen LogP contribution < -0.4 is 0 Å². The third kappa shape index (κ3) is 3.85. The quantitative estimate of drug-likeness (QED) is 0.509. The van der Waals surface area contributed by atoms with E-state index in [2.05, 4.69) is 10.3 Å². The Morgan fingerprint density at radius 1 is 0.839 bits per heavy atom. The highest BCUT2D eigenvalue weighted by molar-refractivity contribution is 7.91. The van der Waals surface area contributed by atoms with Gasteiger partial charge >= 0.3 is 5.97 Å². The fourth-order valence-electron chi connectivity index (χ4n) is 3.16. The van der Waals surface area contributed by atoms with Crippen LogP contribution in [0.3, 0.4) is 0 Å². The van der Waals surface area contributed by atoms with Crippen LogP contribution in [0.1, 0.15) is 21.5 Å². The highest BCUT2D eigenvalue weighted by Gasteiger charge is 2.29. The predicted molar refractivity (Wildman–Crippen MR) is 115 cm³/mol. The van der Waals surface area contributed by atoms with E-state index in [1.165, 1.54) is 16.8 Å². The minimum Gasteiger partial charge on any atom is -0.478 e. The second-order valence-electron chi connectivity index (χ2n) is 7.19. The van der Waals surface area contributed by atoms with Crippen LogP contribution in [0.4, 0.5) is 0 Å². The van der Waals surface area contributed by atoms with Crippen LogP contribution in [0.25, 0.3) is 16.9 Å². The molecule has 0 unspecified atom stereocenters. The van der Waals surface area contributed by atoms with Crippen molar-refractivity contribution in [3.05, 3.63) is 89.5 Å². The number of aryl methyl sites for hydroxylation is 2. The average molecular weight is 433 g/mol. The molecule has 0 aliphatic rings. The Hall–Kier alpha value is -3.78. The first-order valence-corrected chi connectivity index (χ1v) is 10.9. The molecule has 1 N–H and O–H groups in total. The SMILES string of the molecule is Cc1ccc(-c2c(S(=O)(=O)c3ccc(C)cc3)nnn2-c2ccc(C(=O)O)cc2)cc1. The van der Waals surface area contributed by atoms with Gasteiger partial charge < -0.3 is 5.11 Å². The molecule has 8 heteroatoms. The largest absolute Gasteiger partial charge is 0.478 e. The summed E-state index contributed by atoms with van der Waals surface area (Å²) in [5, 5.41) is 17.1. The molecule has 0 aliphatic heterocycles. The monoisotopic (exact) mass is 433 g/mol. The highest BCUT2D eigenvalue weighted by Crippen LogP contribution is 2.32. The fourth-order valence-corrected chi connectivity index (χ4v) is 4.48. The van der Waals surface area contributed by atoms with Crippen molar-refractivity contribution < 1.29 is 18.3 Å². The van der Waals surface area contributed by atoms with E-state index in [1.54, 1.807) is 36.4 Å². The molecule has 7 nitrogen and oxygen atoms in total. The molecule has 0 saturated heterocycles. The number of aromatic carboxylic acids is 1. The zero-order chi connectivity index (χ0) is 22.2. The van der Waals surface area contributed by atoms with Crippen molar-refractivity contribution in [2.24, 2.45) is 0 Å². The van der Waals surface area contributed by atoms with Gasteiger partial charge in [0.2, 0.25) is 14.9 Å². The Labute approximate surface area is 179 Å². The van der Waals surface area contributed by atoms with Crippen molar-refractivity contribution in [1.29, 1.82) is 0 Å². The lowest BCUT2D eigenvalue weighted by Crippen LogP contribution is -2.06. The van der Waals surface area contributed by atoms with Crippen LogP contribution in [0.5, 0.6) is 0 Å². The maximum Gasteiger partial charge on any atom is 0.335 e. The summed E-state index contributed by atoms with van der Waals surface area (Å²) in [6, 6.07) is 19.9. The Bertz CT molecular complexity index is 1360. The Morgan fingerprint density at radius 2 is 1.39 bits per heavy atom. The lowest BCUT2D eigenvalue weighted by molar-refractivity contribution is 0.0697. The van der Waals surface area contributed by atoms with Gasteiger partial charge in [0.1, 0.15) is 5.69 Å². The fraction of sp³-hybridized carbons (Fsp3) is 0.0870. The number of rotatable bonds is 5. The molecule has 31 heavy (non-hydrogen) atoms. The molecule has 0 radical (unpaired) electrons. The molecule has 0 spiro atoms. The van der Waals surface area contributed by atoms with Crippen LogP contribution in [0.2, 0.25) is 0 Å². The van der Waals surface area contributed by atoms with Gasteiger partial charge in [-0.05, 0) is 50.2 Å². The molecule has 4 aromatic rings. The molecule has 0 saturated carbocycles. The number of sulfone groups is 1. The molecule has 1 aromatic heterocycles. The third-order valence-electron chi connectivity index (χ3n) is 4.91. The van der Waals surface area contributed by atoms with Crippen molar-refractivity contribution in [1.82, 2.24) is 15.0 Å². The first-order chi connectivity index (χ1) is 14.8. The molecule has 156 valence electrons. The molecule has 4 rings (SSSR count). The molecule has 1 heterocycles. The van der Waals surface area contributed by atoms with Crippen molar-refractivity contribution in [3.63, 3.8) is 0 Å². The summed E-state index contributed by atoms with van der Waals surface area (Å²) in [5.41, 5.74) is 3.52. The number of hydrogen-bond acceptors (Lipinski definition) is 5. The van der Waals surface area contributed by atoms with E-state index < -0.39 is 15.8 Å². The van der Waals surface area contributed by atoms with Crippen LogP contribution in [-0.4, -0.2) is 34.5 Å². The highest BCUT2D eigenvalue weighted by atomic mass is 32.2. The number of aromatic nitrogens is 3. The number of nitrogens with zero attached hydrogens (tertiary/aromatic N) is 3. The standard InChI is InChI=1S/C23H19N3O4S/c1-15-3-7-17(8-4-15)21-22(31(29,30)20-13-5-16(2)6-14-20)24-25-26(21)19-11-9-18(10-12-19)23(27)28/h3-14H,1-2H3,(H,27,28). The average Bonchev–Trinajstić information content (AvgIpc) is 3.21. The lowest BCUT2D eigenvalue weighted by Gasteiger charge is -2.10. The van der Waals surface area contributed by atoms with Crippen molar-refractivity contribution in [2.45, 2.75) is 23.8 Å². The van der Waals surface area contributed by atoms with E-state index in [4.69, 9.17) is 5.11 Å². The zero-order valence-electron chi connectivity index (χ0n) is 16.9. The van der Waals surface area contributed by atoms with Gasteiger partial charge in [0.05, 0.1) is 16.1 Å². The minimum absolute atomic E-state index is 0.119. The Kier molecular flexibility index (Phi) is 5.16. The van der Waals surface area contributed by atoms with Crippen molar-refractivity contribution in [3.8, 4) is 16.9 Å². The van der Waals surface area contributed by atoms with E-state index in [1.807, 2.05) is 38.1 Å². The number of carboxylic acids is 1. The van der Waals surface area contributed by atoms with E-state index >= 15 is 0 Å². The van der Waals surface area contributed by atoms with Gasteiger partial charge in [-0.1, -0.05) is 52.7 Å². The maximum absolute atomic E-state index is 13.4. The van der Waals surface area contributed by atoms with Gasteiger partial charge in [-0.2, -0.15) is 0 Å². The molecule has 0 fully saturated rings.